The predicted molar refractivity (Wildman–Crippen MR) is 74.5 cm³/mol. The highest BCUT2D eigenvalue weighted by Gasteiger charge is 2.12. The van der Waals surface area contributed by atoms with Crippen LogP contribution in [-0.2, 0) is 0 Å². The molecular weight excluding hydrogens is 329 g/mol. The van der Waals surface area contributed by atoms with Crippen LogP contribution in [0.4, 0.5) is 0 Å². The third-order valence-corrected chi connectivity index (χ3v) is 4.13. The van der Waals surface area contributed by atoms with Gasteiger partial charge < -0.3 is 5.73 Å². The van der Waals surface area contributed by atoms with Crippen LogP contribution >= 0.6 is 50.5 Å². The molecule has 1 aromatic heterocycles. The van der Waals surface area contributed by atoms with E-state index in [-0.39, 0.29) is 6.04 Å². The van der Waals surface area contributed by atoms with Gasteiger partial charge in [0.25, 0.3) is 0 Å². The summed E-state index contributed by atoms with van der Waals surface area (Å²) in [7, 11) is 0. The Morgan fingerprint density at radius 3 is 2.50 bits per heavy atom. The maximum atomic E-state index is 6.14. The van der Waals surface area contributed by atoms with Gasteiger partial charge in [-0.1, -0.05) is 39.1 Å². The van der Waals surface area contributed by atoms with Gasteiger partial charge in [0.1, 0.15) is 0 Å². The van der Waals surface area contributed by atoms with Gasteiger partial charge in [-0.15, -0.1) is 11.3 Å². The van der Waals surface area contributed by atoms with E-state index < -0.39 is 0 Å². The molecule has 0 aliphatic heterocycles. The van der Waals surface area contributed by atoms with Crippen LogP contribution in [0, 0.1) is 0 Å². The highest BCUT2D eigenvalue weighted by atomic mass is 79.9. The Hall–Kier alpha value is -0.0600. The number of hydrogen-bond donors (Lipinski definition) is 1. The first kappa shape index (κ1) is 12.4. The van der Waals surface area contributed by atoms with Crippen molar-refractivity contribution < 1.29 is 0 Å². The molecule has 84 valence electrons. The van der Waals surface area contributed by atoms with Gasteiger partial charge in [0.15, 0.2) is 0 Å². The normalized spacial score (nSPS) is 12.8. The lowest BCUT2D eigenvalue weighted by Gasteiger charge is -2.10. The Morgan fingerprint density at radius 2 is 1.94 bits per heavy atom. The SMILES string of the molecule is NC(c1cc(Cl)cc(Br)c1)c1ccc(Cl)s1. The first-order chi connectivity index (χ1) is 7.56. The molecule has 0 saturated carbocycles. The number of rotatable bonds is 2. The number of nitrogens with two attached hydrogens (primary N) is 1. The minimum atomic E-state index is -0.188. The average molecular weight is 337 g/mol. The molecule has 0 bridgehead atoms. The van der Waals surface area contributed by atoms with E-state index in [0.29, 0.717) is 5.02 Å². The molecule has 1 aromatic carbocycles. The topological polar surface area (TPSA) is 26.0 Å². The molecular formula is C11H8BrCl2NS. The van der Waals surface area contributed by atoms with Crippen molar-refractivity contribution in [1.29, 1.82) is 0 Å². The van der Waals surface area contributed by atoms with E-state index in [2.05, 4.69) is 15.9 Å². The van der Waals surface area contributed by atoms with E-state index in [1.807, 2.05) is 30.3 Å². The van der Waals surface area contributed by atoms with Crippen LogP contribution in [0.25, 0.3) is 0 Å². The zero-order valence-electron chi connectivity index (χ0n) is 8.08. The van der Waals surface area contributed by atoms with Crippen molar-refractivity contribution in [3.8, 4) is 0 Å². The minimum Gasteiger partial charge on any atom is -0.320 e. The lowest BCUT2D eigenvalue weighted by molar-refractivity contribution is 0.892. The first-order valence-corrected chi connectivity index (χ1v) is 6.89. The lowest BCUT2D eigenvalue weighted by atomic mass is 10.1. The van der Waals surface area contributed by atoms with E-state index in [0.717, 1.165) is 19.2 Å². The van der Waals surface area contributed by atoms with E-state index in [4.69, 9.17) is 28.9 Å². The molecule has 2 N–H and O–H groups in total. The zero-order valence-corrected chi connectivity index (χ0v) is 12.0. The summed E-state index contributed by atoms with van der Waals surface area (Å²) < 4.78 is 1.67. The van der Waals surface area contributed by atoms with Crippen molar-refractivity contribution in [3.05, 3.63) is 54.6 Å². The average Bonchev–Trinajstić information content (AvgIpc) is 2.62. The quantitative estimate of drug-likeness (QED) is 0.832. The fraction of sp³-hybridized carbons (Fsp3) is 0.0909. The van der Waals surface area contributed by atoms with E-state index in [1.165, 1.54) is 11.3 Å². The van der Waals surface area contributed by atoms with Crippen LogP contribution in [0.5, 0.6) is 0 Å². The molecule has 1 atom stereocenters. The molecule has 0 aliphatic rings. The van der Waals surface area contributed by atoms with Crippen LogP contribution in [0.15, 0.2) is 34.8 Å². The van der Waals surface area contributed by atoms with Crippen molar-refractivity contribution in [2.45, 2.75) is 6.04 Å². The van der Waals surface area contributed by atoms with Crippen LogP contribution < -0.4 is 5.73 Å². The van der Waals surface area contributed by atoms with Crippen molar-refractivity contribution in [1.82, 2.24) is 0 Å². The number of halogens is 3. The van der Waals surface area contributed by atoms with Crippen molar-refractivity contribution >= 4 is 50.5 Å². The highest BCUT2D eigenvalue weighted by molar-refractivity contribution is 9.10. The molecule has 0 amide bonds. The molecule has 0 fully saturated rings. The zero-order chi connectivity index (χ0) is 11.7. The van der Waals surface area contributed by atoms with Crippen LogP contribution in [0.2, 0.25) is 9.36 Å². The molecule has 0 aliphatic carbocycles. The molecule has 0 spiro atoms. The van der Waals surface area contributed by atoms with Crippen LogP contribution in [-0.4, -0.2) is 0 Å². The fourth-order valence-electron chi connectivity index (χ4n) is 1.41. The molecule has 1 unspecified atom stereocenters. The van der Waals surface area contributed by atoms with Crippen molar-refractivity contribution in [2.24, 2.45) is 5.73 Å². The Kier molecular flexibility index (Phi) is 3.93. The van der Waals surface area contributed by atoms with Gasteiger partial charge in [-0.25, -0.2) is 0 Å². The fourth-order valence-corrected chi connectivity index (χ4v) is 3.39. The summed E-state index contributed by atoms with van der Waals surface area (Å²) in [5, 5.41) is 0.669. The van der Waals surface area contributed by atoms with Gasteiger partial charge in [0.05, 0.1) is 10.4 Å². The number of benzene rings is 1. The Labute approximate surface area is 116 Å². The molecule has 0 saturated heterocycles. The predicted octanol–water partition coefficient (Wildman–Crippen LogP) is 4.87. The third-order valence-electron chi connectivity index (χ3n) is 2.14. The second-order valence-electron chi connectivity index (χ2n) is 3.32. The second-order valence-corrected chi connectivity index (χ2v) is 6.42. The molecule has 16 heavy (non-hydrogen) atoms. The second kappa shape index (κ2) is 5.07. The summed E-state index contributed by atoms with van der Waals surface area (Å²) >= 11 is 16.7. The summed E-state index contributed by atoms with van der Waals surface area (Å²) in [5.74, 6) is 0. The Morgan fingerprint density at radius 1 is 1.19 bits per heavy atom. The third kappa shape index (κ3) is 2.79. The van der Waals surface area contributed by atoms with Gasteiger partial charge in [-0.3, -0.25) is 0 Å². The summed E-state index contributed by atoms with van der Waals surface area (Å²) in [6.07, 6.45) is 0. The standard InChI is InChI=1S/C11H8BrCl2NS/c12-7-3-6(4-8(13)5-7)11(15)9-1-2-10(14)16-9/h1-5,11H,15H2. The molecule has 2 rings (SSSR count). The summed E-state index contributed by atoms with van der Waals surface area (Å²) in [6.45, 7) is 0. The number of thiophene rings is 1. The maximum Gasteiger partial charge on any atom is 0.0931 e. The maximum absolute atomic E-state index is 6.14. The molecule has 2 aromatic rings. The van der Waals surface area contributed by atoms with Gasteiger partial charge in [-0.05, 0) is 35.9 Å². The van der Waals surface area contributed by atoms with E-state index in [1.54, 1.807) is 0 Å². The van der Waals surface area contributed by atoms with Crippen LogP contribution in [0.3, 0.4) is 0 Å². The summed E-state index contributed by atoms with van der Waals surface area (Å²) in [6, 6.07) is 9.26. The van der Waals surface area contributed by atoms with Crippen LogP contribution in [0.1, 0.15) is 16.5 Å². The first-order valence-electron chi connectivity index (χ1n) is 4.53. The van der Waals surface area contributed by atoms with Gasteiger partial charge >= 0.3 is 0 Å². The molecule has 5 heteroatoms. The Bertz CT molecular complexity index is 492. The monoisotopic (exact) mass is 335 g/mol. The van der Waals surface area contributed by atoms with E-state index >= 15 is 0 Å². The van der Waals surface area contributed by atoms with Crippen molar-refractivity contribution in [3.63, 3.8) is 0 Å². The van der Waals surface area contributed by atoms with Crippen molar-refractivity contribution in [2.75, 3.05) is 0 Å². The molecule has 0 radical (unpaired) electrons. The largest absolute Gasteiger partial charge is 0.320 e. The molecule has 1 nitrogen and oxygen atoms in total. The highest BCUT2D eigenvalue weighted by Crippen LogP contribution is 2.31. The lowest BCUT2D eigenvalue weighted by Crippen LogP contribution is -2.10. The minimum absolute atomic E-state index is 0.188. The van der Waals surface area contributed by atoms with Gasteiger partial charge in [0, 0.05) is 14.4 Å². The van der Waals surface area contributed by atoms with E-state index in [9.17, 15) is 0 Å². The summed E-state index contributed by atoms with van der Waals surface area (Å²) in [4.78, 5) is 1.03. The van der Waals surface area contributed by atoms with Gasteiger partial charge in [-0.2, -0.15) is 0 Å². The smallest absolute Gasteiger partial charge is 0.0931 e. The van der Waals surface area contributed by atoms with Gasteiger partial charge in [0.2, 0.25) is 0 Å². The molecule has 1 heterocycles. The number of hydrogen-bond acceptors (Lipinski definition) is 2. The summed E-state index contributed by atoms with van der Waals surface area (Å²) in [5.41, 5.74) is 7.11. The Balaban J connectivity index is 2.37.